The van der Waals surface area contributed by atoms with Crippen molar-refractivity contribution in [2.75, 3.05) is 6.61 Å². The first-order valence-corrected chi connectivity index (χ1v) is 8.12. The Labute approximate surface area is 155 Å². The molecule has 0 aliphatic carbocycles. The van der Waals surface area contributed by atoms with Crippen molar-refractivity contribution in [3.05, 3.63) is 59.7 Å². The molecule has 0 aliphatic rings. The Balaban J connectivity index is 2.52. The number of benzene rings is 2. The molecule has 1 N–H and O–H groups in total. The quantitative estimate of drug-likeness (QED) is 0.379. The van der Waals surface area contributed by atoms with Gasteiger partial charge in [-0.1, -0.05) is 0 Å². The topological polar surface area (TPSA) is 125 Å². The van der Waals surface area contributed by atoms with Crippen LogP contribution in [0, 0.1) is 23.8 Å². The Morgan fingerprint density at radius 1 is 1.12 bits per heavy atom. The van der Waals surface area contributed by atoms with Gasteiger partial charge in [0.25, 0.3) is 5.69 Å². The molecule has 0 bridgehead atoms. The van der Waals surface area contributed by atoms with Gasteiger partial charge in [0.2, 0.25) is 5.75 Å². The lowest BCUT2D eigenvalue weighted by molar-refractivity contribution is -0.394. The minimum absolute atomic E-state index is 0.147. The smallest absolute Gasteiger partial charge is 0.318 e. The number of non-ortho nitro benzene ring substituents is 1. The molecule has 25 heavy (non-hydrogen) atoms. The number of rotatable bonds is 7. The molecule has 0 fully saturated rings. The molecule has 2 aromatic rings. The number of hydrogen-bond acceptors (Lipinski definition) is 7. The minimum atomic E-state index is -0.752. The van der Waals surface area contributed by atoms with Crippen molar-refractivity contribution in [3.63, 3.8) is 0 Å². The number of halogens is 1. The molecule has 0 atom stereocenters. The molecule has 0 saturated heterocycles. The summed E-state index contributed by atoms with van der Waals surface area (Å²) < 4.78 is 11.7. The second-order valence-corrected chi connectivity index (χ2v) is 5.93. The van der Waals surface area contributed by atoms with E-state index in [4.69, 9.17) is 9.47 Å². The fourth-order valence-electron chi connectivity index (χ4n) is 2.03. The van der Waals surface area contributed by atoms with Crippen LogP contribution in [0.15, 0.2) is 30.3 Å². The third-order valence-electron chi connectivity index (χ3n) is 3.11. The van der Waals surface area contributed by atoms with Gasteiger partial charge in [-0.05, 0) is 53.3 Å². The number of nitro benzene ring substituents is 2. The highest BCUT2D eigenvalue weighted by molar-refractivity contribution is 14.1. The second kappa shape index (κ2) is 8.07. The van der Waals surface area contributed by atoms with E-state index in [0.717, 1.165) is 12.1 Å². The summed E-state index contributed by atoms with van der Waals surface area (Å²) in [4.78, 5) is 20.6. The zero-order valence-corrected chi connectivity index (χ0v) is 15.1. The number of ether oxygens (including phenoxy) is 2. The molecule has 0 aromatic heterocycles. The lowest BCUT2D eigenvalue weighted by Gasteiger charge is -2.14. The van der Waals surface area contributed by atoms with E-state index in [-0.39, 0.29) is 18.1 Å². The van der Waals surface area contributed by atoms with E-state index in [1.807, 2.05) is 22.6 Å². The van der Waals surface area contributed by atoms with Crippen LogP contribution < -0.4 is 9.47 Å². The Morgan fingerprint density at radius 2 is 1.84 bits per heavy atom. The maximum absolute atomic E-state index is 11.2. The zero-order valence-electron chi connectivity index (χ0n) is 13.0. The van der Waals surface area contributed by atoms with Crippen molar-refractivity contribution in [1.29, 1.82) is 0 Å². The summed E-state index contributed by atoms with van der Waals surface area (Å²) >= 11 is 1.95. The summed E-state index contributed by atoms with van der Waals surface area (Å²) in [5.74, 6) is 0.397. The van der Waals surface area contributed by atoms with Gasteiger partial charge in [-0.3, -0.25) is 20.2 Å². The van der Waals surface area contributed by atoms with Crippen molar-refractivity contribution in [2.24, 2.45) is 0 Å². The summed E-state index contributed by atoms with van der Waals surface area (Å²) in [6.45, 7) is 1.88. The maximum Gasteiger partial charge on any atom is 0.318 e. The fourth-order valence-corrected chi connectivity index (χ4v) is 2.81. The average Bonchev–Trinajstić information content (AvgIpc) is 2.57. The maximum atomic E-state index is 11.2. The first-order valence-electron chi connectivity index (χ1n) is 7.04. The lowest BCUT2D eigenvalue weighted by atomic mass is 10.2. The Hall–Kier alpha value is -2.47. The van der Waals surface area contributed by atoms with E-state index >= 15 is 0 Å². The van der Waals surface area contributed by atoms with Gasteiger partial charge >= 0.3 is 5.69 Å². The summed E-state index contributed by atoms with van der Waals surface area (Å²) in [6, 6.07) is 6.35. The molecule has 10 heteroatoms. The van der Waals surface area contributed by atoms with Crippen molar-refractivity contribution in [3.8, 4) is 17.2 Å². The molecule has 132 valence electrons. The molecule has 2 rings (SSSR count). The predicted molar refractivity (Wildman–Crippen MR) is 96.1 cm³/mol. The van der Waals surface area contributed by atoms with Crippen LogP contribution in [-0.4, -0.2) is 21.6 Å². The molecule has 0 aliphatic heterocycles. The van der Waals surface area contributed by atoms with Gasteiger partial charge in [-0.2, -0.15) is 0 Å². The molecule has 0 unspecified atom stereocenters. The third-order valence-corrected chi connectivity index (χ3v) is 3.92. The SMILES string of the molecule is CCOc1cc(CO)cc(I)c1Oc1ccc([N+](=O)[O-])cc1[N+](=O)[O-]. The standard InChI is InChI=1S/C15H13IN2O7/c1-2-24-14-6-9(8-19)5-11(16)15(14)25-13-4-3-10(17(20)21)7-12(13)18(22)23/h3-7,19H,2,8H2,1H3. The normalized spacial score (nSPS) is 10.4. The number of aliphatic hydroxyl groups is 1. The summed E-state index contributed by atoms with van der Waals surface area (Å²) in [7, 11) is 0. The molecular weight excluding hydrogens is 447 g/mol. The van der Waals surface area contributed by atoms with E-state index in [2.05, 4.69) is 0 Å². The molecule has 0 saturated carbocycles. The van der Waals surface area contributed by atoms with Crippen LogP contribution in [0.2, 0.25) is 0 Å². The molecule has 9 nitrogen and oxygen atoms in total. The van der Waals surface area contributed by atoms with Crippen molar-refractivity contribution < 1.29 is 24.4 Å². The highest BCUT2D eigenvalue weighted by atomic mass is 127. The van der Waals surface area contributed by atoms with Crippen LogP contribution in [-0.2, 0) is 6.61 Å². The fraction of sp³-hybridized carbons (Fsp3) is 0.200. The van der Waals surface area contributed by atoms with E-state index in [1.54, 1.807) is 19.1 Å². The Kier molecular flexibility index (Phi) is 6.09. The first-order chi connectivity index (χ1) is 11.9. The van der Waals surface area contributed by atoms with Gasteiger partial charge in [0.15, 0.2) is 11.5 Å². The van der Waals surface area contributed by atoms with Gasteiger partial charge in [-0.25, -0.2) is 0 Å². The summed E-state index contributed by atoms with van der Waals surface area (Å²) in [5, 5.41) is 31.3. The minimum Gasteiger partial charge on any atom is -0.490 e. The van der Waals surface area contributed by atoms with E-state index in [9.17, 15) is 25.3 Å². The number of aliphatic hydroxyl groups excluding tert-OH is 1. The average molecular weight is 460 g/mol. The molecule has 2 aromatic carbocycles. The van der Waals surface area contributed by atoms with Gasteiger partial charge in [-0.15, -0.1) is 0 Å². The van der Waals surface area contributed by atoms with Gasteiger partial charge in [0.05, 0.1) is 32.7 Å². The number of nitrogens with zero attached hydrogens (tertiary/aromatic N) is 2. The van der Waals surface area contributed by atoms with Crippen LogP contribution in [0.5, 0.6) is 17.2 Å². The van der Waals surface area contributed by atoms with Gasteiger partial charge in [0, 0.05) is 6.07 Å². The summed E-state index contributed by atoms with van der Waals surface area (Å²) in [5.41, 5.74) is -0.341. The molecule has 0 radical (unpaired) electrons. The van der Waals surface area contributed by atoms with Crippen molar-refractivity contribution in [1.82, 2.24) is 0 Å². The number of hydrogen-bond donors (Lipinski definition) is 1. The summed E-state index contributed by atoms with van der Waals surface area (Å²) in [6.07, 6.45) is 0. The second-order valence-electron chi connectivity index (χ2n) is 4.76. The monoisotopic (exact) mass is 460 g/mol. The third kappa shape index (κ3) is 4.33. The Bertz CT molecular complexity index is 826. The molecular formula is C15H13IN2O7. The molecule has 0 spiro atoms. The van der Waals surface area contributed by atoms with Crippen LogP contribution in [0.1, 0.15) is 12.5 Å². The van der Waals surface area contributed by atoms with Crippen molar-refractivity contribution in [2.45, 2.75) is 13.5 Å². The molecule has 0 amide bonds. The van der Waals surface area contributed by atoms with E-state index in [1.165, 1.54) is 6.07 Å². The lowest BCUT2D eigenvalue weighted by Crippen LogP contribution is -2.01. The van der Waals surface area contributed by atoms with Gasteiger partial charge in [0.1, 0.15) is 0 Å². The molecule has 0 heterocycles. The van der Waals surface area contributed by atoms with Gasteiger partial charge < -0.3 is 14.6 Å². The first kappa shape index (κ1) is 18.9. The van der Waals surface area contributed by atoms with Crippen molar-refractivity contribution >= 4 is 34.0 Å². The number of nitro groups is 2. The highest BCUT2D eigenvalue weighted by Crippen LogP contribution is 2.41. The zero-order chi connectivity index (χ0) is 18.6. The van der Waals surface area contributed by atoms with Crippen LogP contribution >= 0.6 is 22.6 Å². The largest absolute Gasteiger partial charge is 0.490 e. The predicted octanol–water partition coefficient (Wildman–Crippen LogP) is 3.79. The van der Waals surface area contributed by atoms with Crippen LogP contribution in [0.3, 0.4) is 0 Å². The van der Waals surface area contributed by atoms with E-state index < -0.39 is 21.2 Å². The van der Waals surface area contributed by atoms with Crippen LogP contribution in [0.25, 0.3) is 0 Å². The Morgan fingerprint density at radius 3 is 2.40 bits per heavy atom. The highest BCUT2D eigenvalue weighted by Gasteiger charge is 2.23. The van der Waals surface area contributed by atoms with Crippen LogP contribution in [0.4, 0.5) is 11.4 Å². The van der Waals surface area contributed by atoms with E-state index in [0.29, 0.717) is 21.5 Å².